The summed E-state index contributed by atoms with van der Waals surface area (Å²) in [6.45, 7) is 4.74. The summed E-state index contributed by atoms with van der Waals surface area (Å²) in [4.78, 5) is 10.7. The first-order valence-electron chi connectivity index (χ1n) is 3.97. The van der Waals surface area contributed by atoms with Gasteiger partial charge in [0.2, 0.25) is 0 Å². The quantitative estimate of drug-likeness (QED) is 0.403. The molecule has 14 heavy (non-hydrogen) atoms. The fourth-order valence-electron chi connectivity index (χ4n) is 0.738. The summed E-state index contributed by atoms with van der Waals surface area (Å²) in [7, 11) is 0. The van der Waals surface area contributed by atoms with E-state index in [1.54, 1.807) is 0 Å². The molecule has 0 aliphatic rings. The Hall–Kier alpha value is -1.26. The summed E-state index contributed by atoms with van der Waals surface area (Å²) in [5.41, 5.74) is -0.953. The second-order valence-corrected chi connectivity index (χ2v) is 2.41. The summed E-state index contributed by atoms with van der Waals surface area (Å²) in [5, 5.41) is 0. The van der Waals surface area contributed by atoms with Crippen LogP contribution in [0.3, 0.4) is 0 Å². The van der Waals surface area contributed by atoms with Gasteiger partial charge in [0.15, 0.2) is 0 Å². The molecular weight excluding hydrogens is 197 g/mol. The maximum Gasteiger partial charge on any atom is 0.413 e. The van der Waals surface area contributed by atoms with Crippen LogP contribution < -0.4 is 0 Å². The first-order chi connectivity index (χ1) is 6.41. The number of carbonyl (C=O) groups is 1. The molecule has 0 saturated carbocycles. The highest BCUT2D eigenvalue weighted by atomic mass is 19.4. The van der Waals surface area contributed by atoms with Crippen molar-refractivity contribution in [3.63, 3.8) is 0 Å². The van der Waals surface area contributed by atoms with Crippen LogP contribution in [0.25, 0.3) is 0 Å². The lowest BCUT2D eigenvalue weighted by Crippen LogP contribution is -2.14. The fourth-order valence-corrected chi connectivity index (χ4v) is 0.738. The third-order valence-corrected chi connectivity index (χ3v) is 1.31. The fraction of sp³-hybridized carbons (Fsp3) is 0.444. The number of carbonyl (C=O) groups excluding carboxylic acids is 1. The zero-order valence-electron chi connectivity index (χ0n) is 7.73. The number of rotatable bonds is 4. The minimum absolute atomic E-state index is 0.0502. The van der Waals surface area contributed by atoms with Gasteiger partial charge in [-0.05, 0) is 13.3 Å². The molecule has 0 spiro atoms. The van der Waals surface area contributed by atoms with Gasteiger partial charge in [0.25, 0.3) is 0 Å². The summed E-state index contributed by atoms with van der Waals surface area (Å²) < 4.78 is 40.9. The maximum absolute atomic E-state index is 12.2. The minimum atomic E-state index is -4.51. The van der Waals surface area contributed by atoms with Crippen LogP contribution >= 0.6 is 0 Å². The van der Waals surface area contributed by atoms with E-state index in [1.807, 2.05) is 0 Å². The zero-order chi connectivity index (χ0) is 11.2. The zero-order valence-corrected chi connectivity index (χ0v) is 7.73. The average molecular weight is 208 g/mol. The van der Waals surface area contributed by atoms with Crippen LogP contribution in [0, 0.1) is 0 Å². The lowest BCUT2D eigenvalue weighted by molar-refractivity contribution is -0.138. The Kier molecular flexibility index (Phi) is 4.97. The van der Waals surface area contributed by atoms with Crippen molar-refractivity contribution in [2.75, 3.05) is 6.61 Å². The number of alkyl halides is 3. The molecule has 2 nitrogen and oxygen atoms in total. The molecule has 0 unspecified atom stereocenters. The number of esters is 1. The molecule has 0 radical (unpaired) electrons. The number of hydrogen-bond acceptors (Lipinski definition) is 2. The van der Waals surface area contributed by atoms with E-state index in [0.717, 1.165) is 6.08 Å². The van der Waals surface area contributed by atoms with Crippen LogP contribution in [0.1, 0.15) is 13.3 Å². The summed E-state index contributed by atoms with van der Waals surface area (Å²) in [6.07, 6.45) is -3.38. The highest BCUT2D eigenvalue weighted by molar-refractivity contribution is 5.83. The molecule has 0 aromatic heterocycles. The van der Waals surface area contributed by atoms with Gasteiger partial charge in [-0.2, -0.15) is 13.2 Å². The van der Waals surface area contributed by atoms with Crippen LogP contribution in [0.15, 0.2) is 24.3 Å². The van der Waals surface area contributed by atoms with E-state index in [9.17, 15) is 18.0 Å². The number of allylic oxidation sites excluding steroid dienone is 2. The third-order valence-electron chi connectivity index (χ3n) is 1.31. The Morgan fingerprint density at radius 3 is 2.43 bits per heavy atom. The van der Waals surface area contributed by atoms with Crippen molar-refractivity contribution in [1.29, 1.82) is 0 Å². The van der Waals surface area contributed by atoms with Gasteiger partial charge < -0.3 is 4.74 Å². The number of ether oxygens (including phenoxy) is 1. The standard InChI is InChI=1S/C9H11F3O2/c1-3-5-7(9(10,11)12)6-8(13)14-4-2/h3,6H,1,4-5H2,2H3/b7-6+. The van der Waals surface area contributed by atoms with E-state index in [1.165, 1.54) is 6.92 Å². The van der Waals surface area contributed by atoms with Crippen LogP contribution in [-0.2, 0) is 9.53 Å². The summed E-state index contributed by atoms with van der Waals surface area (Å²) in [5.74, 6) is -0.985. The Bertz CT molecular complexity index is 241. The summed E-state index contributed by atoms with van der Waals surface area (Å²) in [6, 6.07) is 0. The monoisotopic (exact) mass is 208 g/mol. The van der Waals surface area contributed by atoms with Crippen molar-refractivity contribution in [3.8, 4) is 0 Å². The Morgan fingerprint density at radius 2 is 2.07 bits per heavy atom. The van der Waals surface area contributed by atoms with Crippen molar-refractivity contribution in [2.45, 2.75) is 19.5 Å². The first-order valence-corrected chi connectivity index (χ1v) is 3.97. The van der Waals surface area contributed by atoms with Gasteiger partial charge in [-0.25, -0.2) is 4.79 Å². The van der Waals surface area contributed by atoms with Gasteiger partial charge in [-0.1, -0.05) is 6.08 Å². The molecule has 0 amide bonds. The maximum atomic E-state index is 12.2. The molecular formula is C9H11F3O2. The highest BCUT2D eigenvalue weighted by Gasteiger charge is 2.33. The number of hydrogen-bond donors (Lipinski definition) is 0. The average Bonchev–Trinajstić information content (AvgIpc) is 2.02. The lowest BCUT2D eigenvalue weighted by atomic mass is 10.1. The molecule has 0 bridgehead atoms. The van der Waals surface area contributed by atoms with Gasteiger partial charge in [-0.3, -0.25) is 0 Å². The van der Waals surface area contributed by atoms with Crippen molar-refractivity contribution in [2.24, 2.45) is 0 Å². The van der Waals surface area contributed by atoms with Crippen molar-refractivity contribution < 1.29 is 22.7 Å². The predicted molar refractivity (Wildman–Crippen MR) is 45.6 cm³/mol. The van der Waals surface area contributed by atoms with Gasteiger partial charge in [-0.15, -0.1) is 6.58 Å². The van der Waals surface area contributed by atoms with Crippen LogP contribution in [0.5, 0.6) is 0 Å². The van der Waals surface area contributed by atoms with Crippen LogP contribution in [-0.4, -0.2) is 18.8 Å². The van der Waals surface area contributed by atoms with Gasteiger partial charge in [0.1, 0.15) is 0 Å². The van der Waals surface area contributed by atoms with Gasteiger partial charge in [0, 0.05) is 11.6 Å². The molecule has 0 aliphatic carbocycles. The van der Waals surface area contributed by atoms with Gasteiger partial charge >= 0.3 is 12.1 Å². The highest BCUT2D eigenvalue weighted by Crippen LogP contribution is 2.28. The largest absolute Gasteiger partial charge is 0.463 e. The third kappa shape index (κ3) is 4.69. The SMILES string of the molecule is C=CC/C(=C\C(=O)OCC)C(F)(F)F. The predicted octanol–water partition coefficient (Wildman–Crippen LogP) is 2.61. The smallest absolute Gasteiger partial charge is 0.413 e. The van der Waals surface area contributed by atoms with Crippen LogP contribution in [0.2, 0.25) is 0 Å². The Morgan fingerprint density at radius 1 is 1.50 bits per heavy atom. The summed E-state index contributed by atoms with van der Waals surface area (Å²) >= 11 is 0. The molecule has 80 valence electrons. The van der Waals surface area contributed by atoms with E-state index < -0.39 is 24.1 Å². The lowest BCUT2D eigenvalue weighted by Gasteiger charge is -2.08. The number of halogens is 3. The van der Waals surface area contributed by atoms with Gasteiger partial charge in [0.05, 0.1) is 6.61 Å². The van der Waals surface area contributed by atoms with E-state index >= 15 is 0 Å². The molecule has 0 saturated heterocycles. The van der Waals surface area contributed by atoms with Crippen molar-refractivity contribution >= 4 is 5.97 Å². The molecule has 0 atom stereocenters. The Labute approximate surface area is 80.1 Å². The normalized spacial score (nSPS) is 12.4. The molecule has 0 fully saturated rings. The minimum Gasteiger partial charge on any atom is -0.463 e. The van der Waals surface area contributed by atoms with Crippen LogP contribution in [0.4, 0.5) is 13.2 Å². The van der Waals surface area contributed by atoms with E-state index in [-0.39, 0.29) is 6.61 Å². The van der Waals surface area contributed by atoms with Crippen molar-refractivity contribution in [3.05, 3.63) is 24.3 Å². The second-order valence-electron chi connectivity index (χ2n) is 2.41. The topological polar surface area (TPSA) is 26.3 Å². The van der Waals surface area contributed by atoms with E-state index in [4.69, 9.17) is 0 Å². The van der Waals surface area contributed by atoms with Crippen molar-refractivity contribution in [1.82, 2.24) is 0 Å². The van der Waals surface area contributed by atoms with E-state index in [2.05, 4.69) is 11.3 Å². The van der Waals surface area contributed by atoms with E-state index in [0.29, 0.717) is 6.08 Å². The molecule has 0 aromatic carbocycles. The molecule has 5 heteroatoms. The molecule has 0 rings (SSSR count). The molecule has 0 heterocycles. The molecule has 0 aromatic rings. The Balaban J connectivity index is 4.64. The molecule has 0 N–H and O–H groups in total. The second kappa shape index (κ2) is 5.47. The molecule has 0 aliphatic heterocycles. The first kappa shape index (κ1) is 12.7.